The molecule has 4 nitrogen and oxygen atoms in total. The van der Waals surface area contributed by atoms with Crippen LogP contribution in [0.1, 0.15) is 11.1 Å². The quantitative estimate of drug-likeness (QED) is 0.136. The van der Waals surface area contributed by atoms with Crippen LogP contribution in [0.4, 0.5) is 0 Å². The molecule has 0 unspecified atom stereocenters. The number of aromatic nitrogens is 4. The Morgan fingerprint density at radius 1 is 0.344 bits per heavy atom. The second-order valence-corrected chi connectivity index (χ2v) is 24.5. The van der Waals surface area contributed by atoms with E-state index in [4.69, 9.17) is 15.0 Å². The Bertz CT molecular complexity index is 3230. The Labute approximate surface area is 376 Å². The van der Waals surface area contributed by atoms with E-state index in [1.807, 2.05) is 36.4 Å². The number of aryl methyl sites for hydroxylation is 2. The van der Waals surface area contributed by atoms with Gasteiger partial charge in [0.2, 0.25) is 0 Å². The molecule has 9 aromatic carbocycles. The molecule has 5 heteroatoms. The van der Waals surface area contributed by atoms with Gasteiger partial charge in [0.25, 0.3) is 0 Å². The molecule has 11 rings (SSSR count). The first-order valence-corrected chi connectivity index (χ1v) is 26.1. The van der Waals surface area contributed by atoms with E-state index in [-0.39, 0.29) is 0 Å². The van der Waals surface area contributed by atoms with Gasteiger partial charge in [0.1, 0.15) is 0 Å². The summed E-state index contributed by atoms with van der Waals surface area (Å²) in [5.74, 6) is 1.88. The van der Waals surface area contributed by atoms with E-state index in [1.165, 1.54) is 45.0 Å². The maximum absolute atomic E-state index is 5.23. The van der Waals surface area contributed by atoms with Gasteiger partial charge < -0.3 is 0 Å². The van der Waals surface area contributed by atoms with E-state index < -0.39 is 13.3 Å². The van der Waals surface area contributed by atoms with Crippen LogP contribution < -0.4 is 17.6 Å². The number of hydrogen-bond donors (Lipinski definition) is 0. The SMILES string of the molecule is Cc1ccc2c(c1)c1cc(C)ccc1n2-c1cc(-c2nc(-c3ccccc3)nc(-c3ccccc3)n2)ccc1-c1cccc[c]1[Ge]([c]1ccccc1)([c]1ccccc1)[c]1ccccc1. The number of hydrogen-bond acceptors (Lipinski definition) is 3. The first-order chi connectivity index (χ1) is 31.6. The Kier molecular flexibility index (Phi) is 10.1. The van der Waals surface area contributed by atoms with Gasteiger partial charge in [-0.2, -0.15) is 0 Å². The van der Waals surface area contributed by atoms with Crippen LogP contribution in [0.25, 0.3) is 72.8 Å². The van der Waals surface area contributed by atoms with E-state index in [0.29, 0.717) is 17.5 Å². The van der Waals surface area contributed by atoms with Crippen molar-refractivity contribution in [1.29, 1.82) is 0 Å². The zero-order valence-corrected chi connectivity index (χ0v) is 37.8. The van der Waals surface area contributed by atoms with Gasteiger partial charge in [-0.1, -0.05) is 12.1 Å². The molecule has 11 aromatic rings. The van der Waals surface area contributed by atoms with E-state index in [9.17, 15) is 0 Å². The summed E-state index contributed by atoms with van der Waals surface area (Å²) in [7, 11) is 0. The van der Waals surface area contributed by atoms with Crippen molar-refractivity contribution in [2.45, 2.75) is 13.8 Å². The average molecular weight is 882 g/mol. The van der Waals surface area contributed by atoms with Crippen molar-refractivity contribution in [3.8, 4) is 51.0 Å². The zero-order chi connectivity index (χ0) is 43.0. The summed E-state index contributed by atoms with van der Waals surface area (Å²) < 4.78 is 7.96. The van der Waals surface area contributed by atoms with Crippen LogP contribution >= 0.6 is 0 Å². The summed E-state index contributed by atoms with van der Waals surface area (Å²) in [5, 5.41) is 2.46. The molecule has 0 bridgehead atoms. The molecule has 64 heavy (non-hydrogen) atoms. The Morgan fingerprint density at radius 3 is 1.22 bits per heavy atom. The van der Waals surface area contributed by atoms with Crippen LogP contribution in [0.15, 0.2) is 231 Å². The average Bonchev–Trinajstić information content (AvgIpc) is 3.68. The van der Waals surface area contributed by atoms with Gasteiger partial charge >= 0.3 is 367 Å². The Morgan fingerprint density at radius 2 is 0.750 bits per heavy atom. The summed E-state index contributed by atoms with van der Waals surface area (Å²) in [4.78, 5) is 15.5. The third-order valence-electron chi connectivity index (χ3n) is 12.5. The molecule has 0 N–H and O–H groups in total. The summed E-state index contributed by atoms with van der Waals surface area (Å²) in [6, 6.07) is 83.8. The van der Waals surface area contributed by atoms with Gasteiger partial charge in [-0.3, -0.25) is 0 Å². The maximum atomic E-state index is 5.23. The topological polar surface area (TPSA) is 43.6 Å². The summed E-state index contributed by atoms with van der Waals surface area (Å²) in [6.07, 6.45) is 0. The Balaban J connectivity index is 1.25. The van der Waals surface area contributed by atoms with Crippen LogP contribution in [0, 0.1) is 13.8 Å². The van der Waals surface area contributed by atoms with Gasteiger partial charge in [0.05, 0.1) is 0 Å². The predicted molar refractivity (Wildman–Crippen MR) is 269 cm³/mol. The van der Waals surface area contributed by atoms with Gasteiger partial charge in [-0.25, -0.2) is 0 Å². The van der Waals surface area contributed by atoms with Crippen molar-refractivity contribution in [3.05, 3.63) is 242 Å². The van der Waals surface area contributed by atoms with Gasteiger partial charge in [-0.15, -0.1) is 0 Å². The van der Waals surface area contributed by atoms with Crippen molar-refractivity contribution < 1.29 is 0 Å². The van der Waals surface area contributed by atoms with Crippen LogP contribution in [0.5, 0.6) is 0 Å². The number of rotatable bonds is 9. The summed E-state index contributed by atoms with van der Waals surface area (Å²) in [6.45, 7) is 4.36. The van der Waals surface area contributed by atoms with E-state index in [2.05, 4.69) is 213 Å². The van der Waals surface area contributed by atoms with Crippen LogP contribution in [0.3, 0.4) is 0 Å². The minimum atomic E-state index is -3.77. The van der Waals surface area contributed by atoms with Crippen molar-refractivity contribution >= 4 is 52.7 Å². The van der Waals surface area contributed by atoms with Gasteiger partial charge in [0.15, 0.2) is 0 Å². The molecule has 0 aliphatic rings. The standard InChI is InChI=1S/C59H44GeN4/c1-41-32-36-54-51(38-41)52-39-42(2)33-37-55(52)64(54)56-40-45(59-62-57(43-20-8-3-9-21-43)61-58(63-59)44-22-10-4-11-23-44)34-35-50(56)49-30-18-19-31-53(49)60(46-24-12-5-13-25-46,47-26-14-6-15-27-47)48-28-16-7-17-29-48/h3-40H,1-2H3. The molecule has 0 aliphatic carbocycles. The van der Waals surface area contributed by atoms with Crippen molar-refractivity contribution in [2.75, 3.05) is 0 Å². The summed E-state index contributed by atoms with van der Waals surface area (Å²) in [5.41, 5.74) is 10.9. The second kappa shape index (κ2) is 16.6. The molecular formula is C59H44GeN4. The molecule has 2 aromatic heterocycles. The van der Waals surface area contributed by atoms with Crippen LogP contribution in [-0.4, -0.2) is 32.8 Å². The first-order valence-electron chi connectivity index (χ1n) is 21.9. The molecule has 0 fully saturated rings. The Hall–Kier alpha value is -7.67. The molecule has 0 saturated heterocycles. The molecule has 0 amide bonds. The zero-order valence-electron chi connectivity index (χ0n) is 35.7. The third-order valence-corrected chi connectivity index (χ3v) is 22.7. The van der Waals surface area contributed by atoms with Crippen molar-refractivity contribution in [3.63, 3.8) is 0 Å². The minimum absolute atomic E-state index is 0.617. The molecule has 0 aliphatic heterocycles. The first kappa shape index (κ1) is 39.2. The normalized spacial score (nSPS) is 11.6. The molecule has 0 saturated carbocycles. The third kappa shape index (κ3) is 6.84. The fourth-order valence-electron chi connectivity index (χ4n) is 9.61. The van der Waals surface area contributed by atoms with Crippen molar-refractivity contribution in [1.82, 2.24) is 19.5 Å². The van der Waals surface area contributed by atoms with Crippen LogP contribution in [0.2, 0.25) is 0 Å². The molecular weight excluding hydrogens is 837 g/mol. The van der Waals surface area contributed by atoms with E-state index in [0.717, 1.165) is 39.0 Å². The fraction of sp³-hybridized carbons (Fsp3) is 0.0339. The van der Waals surface area contributed by atoms with Crippen molar-refractivity contribution in [2.24, 2.45) is 0 Å². The van der Waals surface area contributed by atoms with E-state index in [1.54, 1.807) is 0 Å². The molecule has 0 atom stereocenters. The van der Waals surface area contributed by atoms with Crippen LogP contribution in [-0.2, 0) is 0 Å². The van der Waals surface area contributed by atoms with E-state index >= 15 is 0 Å². The predicted octanol–water partition coefficient (Wildman–Crippen LogP) is 11.6. The monoisotopic (exact) mass is 882 g/mol. The number of nitrogens with zero attached hydrogens (tertiary/aromatic N) is 4. The molecule has 304 valence electrons. The second-order valence-electron chi connectivity index (χ2n) is 16.5. The molecule has 0 spiro atoms. The number of fused-ring (bicyclic) bond motifs is 3. The summed E-state index contributed by atoms with van der Waals surface area (Å²) >= 11 is -3.77. The number of benzene rings is 9. The molecule has 2 heterocycles. The fourth-order valence-corrected chi connectivity index (χ4v) is 20.1. The van der Waals surface area contributed by atoms with Gasteiger partial charge in [-0.05, 0) is 0 Å². The van der Waals surface area contributed by atoms with Gasteiger partial charge in [0, 0.05) is 0 Å². The molecule has 0 radical (unpaired) electrons.